The Bertz CT molecular complexity index is 807. The fourth-order valence-electron chi connectivity index (χ4n) is 3.09. The Morgan fingerprint density at radius 3 is 2.74 bits per heavy atom. The molecular weight excluding hydrogens is 364 g/mol. The Morgan fingerprint density at radius 1 is 1.22 bits per heavy atom. The van der Waals surface area contributed by atoms with Crippen LogP contribution in [0.3, 0.4) is 0 Å². The second kappa shape index (κ2) is 8.91. The minimum absolute atomic E-state index is 0.00442. The fourth-order valence-corrected chi connectivity index (χ4v) is 3.22. The van der Waals surface area contributed by atoms with Crippen molar-refractivity contribution in [1.82, 2.24) is 4.90 Å². The maximum atomic E-state index is 12.3. The van der Waals surface area contributed by atoms with Crippen molar-refractivity contribution >= 4 is 29.1 Å². The van der Waals surface area contributed by atoms with Gasteiger partial charge in [-0.05, 0) is 48.7 Å². The molecule has 0 saturated carbocycles. The number of para-hydroxylation sites is 1. The molecule has 0 unspecified atom stereocenters. The number of likely N-dealkylation sites (N-methyl/N-ethyl adjacent to an activating group) is 1. The first kappa shape index (κ1) is 19.2. The second-order valence-corrected chi connectivity index (χ2v) is 7.14. The van der Waals surface area contributed by atoms with Crippen molar-refractivity contribution < 1.29 is 14.3 Å². The fraction of sp³-hybridized carbons (Fsp3) is 0.333. The number of anilines is 1. The van der Waals surface area contributed by atoms with Gasteiger partial charge in [0.1, 0.15) is 12.4 Å². The molecule has 2 aromatic carbocycles. The number of benzene rings is 2. The standard InChI is InChI=1S/C21H23ClN2O3/c1-24(12-13-27-18-9-7-17(22)8-10-18)20(25)11-6-16-14-15-4-2-3-5-19(15)23-21(16)26/h2-5,7-10,16H,6,11-14H2,1H3,(H,23,26)/t16-/m0/s1. The first-order valence-corrected chi connectivity index (χ1v) is 9.42. The van der Waals surface area contributed by atoms with E-state index in [0.29, 0.717) is 37.4 Å². The Kier molecular flexibility index (Phi) is 6.35. The molecule has 0 radical (unpaired) electrons. The van der Waals surface area contributed by atoms with Gasteiger partial charge in [0.05, 0.1) is 6.54 Å². The Morgan fingerprint density at radius 2 is 1.96 bits per heavy atom. The van der Waals surface area contributed by atoms with Gasteiger partial charge in [-0.1, -0.05) is 29.8 Å². The number of carbonyl (C=O) groups excluding carboxylic acids is 2. The molecule has 0 aliphatic carbocycles. The van der Waals surface area contributed by atoms with Crippen LogP contribution in [0.1, 0.15) is 18.4 Å². The average molecular weight is 387 g/mol. The summed E-state index contributed by atoms with van der Waals surface area (Å²) in [5.41, 5.74) is 2.00. The third-order valence-corrected chi connectivity index (χ3v) is 5.01. The molecule has 6 heteroatoms. The van der Waals surface area contributed by atoms with E-state index in [2.05, 4.69) is 5.32 Å². The van der Waals surface area contributed by atoms with Gasteiger partial charge in [-0.15, -0.1) is 0 Å². The van der Waals surface area contributed by atoms with Crippen LogP contribution in [0.4, 0.5) is 5.69 Å². The highest BCUT2D eigenvalue weighted by molar-refractivity contribution is 6.30. The topological polar surface area (TPSA) is 58.6 Å². The maximum Gasteiger partial charge on any atom is 0.227 e. The largest absolute Gasteiger partial charge is 0.492 e. The SMILES string of the molecule is CN(CCOc1ccc(Cl)cc1)C(=O)CC[C@H]1Cc2ccccc2NC1=O. The van der Waals surface area contributed by atoms with Gasteiger partial charge in [0.2, 0.25) is 11.8 Å². The third-order valence-electron chi connectivity index (χ3n) is 4.75. The van der Waals surface area contributed by atoms with Crippen molar-refractivity contribution in [3.8, 4) is 5.75 Å². The summed E-state index contributed by atoms with van der Waals surface area (Å²) in [6.07, 6.45) is 1.57. The van der Waals surface area contributed by atoms with Crippen molar-refractivity contribution in [2.45, 2.75) is 19.3 Å². The van der Waals surface area contributed by atoms with Crippen LogP contribution in [0.5, 0.6) is 5.75 Å². The molecule has 142 valence electrons. The smallest absolute Gasteiger partial charge is 0.227 e. The van der Waals surface area contributed by atoms with E-state index in [9.17, 15) is 9.59 Å². The summed E-state index contributed by atoms with van der Waals surface area (Å²) in [4.78, 5) is 26.2. The lowest BCUT2D eigenvalue weighted by Crippen LogP contribution is -2.33. The summed E-state index contributed by atoms with van der Waals surface area (Å²) in [5.74, 6) is 0.567. The summed E-state index contributed by atoms with van der Waals surface area (Å²) >= 11 is 5.84. The van der Waals surface area contributed by atoms with Crippen molar-refractivity contribution in [2.24, 2.45) is 5.92 Å². The molecule has 3 rings (SSSR count). The second-order valence-electron chi connectivity index (χ2n) is 6.70. The molecule has 2 aromatic rings. The third kappa shape index (κ3) is 5.23. The van der Waals surface area contributed by atoms with E-state index < -0.39 is 0 Å². The van der Waals surface area contributed by atoms with Crippen LogP contribution in [0.15, 0.2) is 48.5 Å². The number of amides is 2. The van der Waals surface area contributed by atoms with Gasteiger partial charge < -0.3 is 15.0 Å². The number of hydrogen-bond donors (Lipinski definition) is 1. The van der Waals surface area contributed by atoms with Crippen molar-refractivity contribution in [1.29, 1.82) is 0 Å². The molecule has 0 saturated heterocycles. The van der Waals surface area contributed by atoms with E-state index in [1.807, 2.05) is 24.3 Å². The van der Waals surface area contributed by atoms with E-state index in [0.717, 1.165) is 17.0 Å². The molecule has 1 aliphatic heterocycles. The zero-order valence-corrected chi connectivity index (χ0v) is 16.0. The van der Waals surface area contributed by atoms with Crippen molar-refractivity contribution in [3.63, 3.8) is 0 Å². The van der Waals surface area contributed by atoms with Crippen molar-refractivity contribution in [3.05, 3.63) is 59.1 Å². The van der Waals surface area contributed by atoms with E-state index in [1.54, 1.807) is 36.2 Å². The first-order chi connectivity index (χ1) is 13.0. The van der Waals surface area contributed by atoms with Gasteiger partial charge in [0.25, 0.3) is 0 Å². The van der Waals surface area contributed by atoms with Crippen LogP contribution in [0.2, 0.25) is 5.02 Å². The Balaban J connectivity index is 1.42. The van der Waals surface area contributed by atoms with E-state index in [-0.39, 0.29) is 17.7 Å². The van der Waals surface area contributed by atoms with E-state index in [4.69, 9.17) is 16.3 Å². The zero-order valence-electron chi connectivity index (χ0n) is 15.3. The molecule has 1 heterocycles. The predicted molar refractivity (Wildman–Crippen MR) is 106 cm³/mol. The molecule has 0 fully saturated rings. The minimum Gasteiger partial charge on any atom is -0.492 e. The summed E-state index contributed by atoms with van der Waals surface area (Å²) in [6, 6.07) is 14.9. The normalized spacial score (nSPS) is 15.6. The van der Waals surface area contributed by atoms with Crippen LogP contribution in [0, 0.1) is 5.92 Å². The Hall–Kier alpha value is -2.53. The molecule has 1 N–H and O–H groups in total. The zero-order chi connectivity index (χ0) is 19.2. The number of ether oxygens (including phenoxy) is 1. The molecule has 0 spiro atoms. The number of nitrogens with zero attached hydrogens (tertiary/aromatic N) is 1. The molecule has 2 amide bonds. The van der Waals surface area contributed by atoms with Crippen LogP contribution < -0.4 is 10.1 Å². The molecule has 27 heavy (non-hydrogen) atoms. The summed E-state index contributed by atoms with van der Waals surface area (Å²) in [5, 5.41) is 3.58. The highest BCUT2D eigenvalue weighted by Gasteiger charge is 2.26. The van der Waals surface area contributed by atoms with Crippen LogP contribution in [0.25, 0.3) is 0 Å². The highest BCUT2D eigenvalue weighted by Crippen LogP contribution is 2.27. The van der Waals surface area contributed by atoms with Crippen LogP contribution >= 0.6 is 11.6 Å². The number of halogens is 1. The maximum absolute atomic E-state index is 12.3. The molecule has 1 atom stereocenters. The number of carbonyl (C=O) groups is 2. The van der Waals surface area contributed by atoms with Crippen LogP contribution in [-0.4, -0.2) is 36.9 Å². The van der Waals surface area contributed by atoms with Crippen LogP contribution in [-0.2, 0) is 16.0 Å². The summed E-state index contributed by atoms with van der Waals surface area (Å²) in [7, 11) is 1.75. The van der Waals surface area contributed by atoms with E-state index in [1.165, 1.54) is 0 Å². The van der Waals surface area contributed by atoms with E-state index >= 15 is 0 Å². The number of rotatable bonds is 7. The lowest BCUT2D eigenvalue weighted by molar-refractivity contribution is -0.130. The monoisotopic (exact) mass is 386 g/mol. The molecular formula is C21H23ClN2O3. The lowest BCUT2D eigenvalue weighted by Gasteiger charge is -2.25. The van der Waals surface area contributed by atoms with Gasteiger partial charge in [-0.25, -0.2) is 0 Å². The molecule has 1 aliphatic rings. The number of fused-ring (bicyclic) bond motifs is 1. The number of hydrogen-bond acceptors (Lipinski definition) is 3. The van der Waals surface area contributed by atoms with Gasteiger partial charge in [-0.2, -0.15) is 0 Å². The van der Waals surface area contributed by atoms with Gasteiger partial charge in [-0.3, -0.25) is 9.59 Å². The van der Waals surface area contributed by atoms with Gasteiger partial charge in [0.15, 0.2) is 0 Å². The summed E-state index contributed by atoms with van der Waals surface area (Å²) < 4.78 is 5.62. The average Bonchev–Trinajstić information content (AvgIpc) is 2.67. The number of nitrogens with one attached hydrogen (secondary N) is 1. The molecule has 0 bridgehead atoms. The molecule has 0 aromatic heterocycles. The Labute approximate surface area is 164 Å². The lowest BCUT2D eigenvalue weighted by atomic mass is 9.89. The summed E-state index contributed by atoms with van der Waals surface area (Å²) in [6.45, 7) is 0.891. The molecule has 5 nitrogen and oxygen atoms in total. The minimum atomic E-state index is -0.164. The predicted octanol–water partition coefficient (Wildman–Crippen LogP) is 3.77. The van der Waals surface area contributed by atoms with Crippen molar-refractivity contribution in [2.75, 3.05) is 25.5 Å². The van der Waals surface area contributed by atoms with Gasteiger partial charge >= 0.3 is 0 Å². The highest BCUT2D eigenvalue weighted by atomic mass is 35.5. The van der Waals surface area contributed by atoms with Gasteiger partial charge in [0, 0.05) is 30.1 Å². The quantitative estimate of drug-likeness (QED) is 0.788. The first-order valence-electron chi connectivity index (χ1n) is 9.04.